The molecule has 1 aliphatic rings. The Kier molecular flexibility index (Phi) is 5.11. The van der Waals surface area contributed by atoms with Crippen LogP contribution in [0.25, 0.3) is 17.0 Å². The fourth-order valence-corrected chi connectivity index (χ4v) is 3.83. The van der Waals surface area contributed by atoms with E-state index < -0.39 is 0 Å². The number of carbonyl (C=O) groups excluding carboxylic acids is 2. The average Bonchev–Trinajstić information content (AvgIpc) is 3.16. The van der Waals surface area contributed by atoms with E-state index in [9.17, 15) is 9.59 Å². The maximum absolute atomic E-state index is 12.7. The molecule has 2 aromatic heterocycles. The van der Waals surface area contributed by atoms with Crippen LogP contribution < -0.4 is 5.32 Å². The molecular formula is C22H21ClN4O2. The Balaban J connectivity index is 1.51. The van der Waals surface area contributed by atoms with Crippen molar-refractivity contribution in [1.82, 2.24) is 14.9 Å². The first-order valence-corrected chi connectivity index (χ1v) is 9.81. The summed E-state index contributed by atoms with van der Waals surface area (Å²) in [5.74, 6) is 0.466. The molecule has 6 nitrogen and oxygen atoms in total. The first-order chi connectivity index (χ1) is 13.9. The minimum Gasteiger partial charge on any atom is -0.361 e. The van der Waals surface area contributed by atoms with Crippen molar-refractivity contribution in [2.75, 3.05) is 12.4 Å². The van der Waals surface area contributed by atoms with Crippen LogP contribution in [-0.4, -0.2) is 33.7 Å². The van der Waals surface area contributed by atoms with Gasteiger partial charge in [-0.05, 0) is 48.7 Å². The number of aromatic amines is 1. The molecule has 1 aliphatic heterocycles. The molecule has 0 fully saturated rings. The Morgan fingerprint density at radius 2 is 2.17 bits per heavy atom. The third-order valence-electron chi connectivity index (χ3n) is 5.35. The van der Waals surface area contributed by atoms with E-state index in [1.54, 1.807) is 24.2 Å². The van der Waals surface area contributed by atoms with Crippen LogP contribution >= 0.6 is 11.6 Å². The summed E-state index contributed by atoms with van der Waals surface area (Å²) in [5, 5.41) is 4.35. The Morgan fingerprint density at radius 3 is 3.00 bits per heavy atom. The number of hydrogen-bond acceptors (Lipinski definition) is 3. The van der Waals surface area contributed by atoms with Gasteiger partial charge in [-0.25, -0.2) is 4.98 Å². The quantitative estimate of drug-likeness (QED) is 0.630. The van der Waals surface area contributed by atoms with E-state index in [2.05, 4.69) is 15.3 Å². The number of fused-ring (bicyclic) bond motifs is 2. The second-order valence-corrected chi connectivity index (χ2v) is 7.60. The summed E-state index contributed by atoms with van der Waals surface area (Å²) in [5.41, 5.74) is 3.72. The summed E-state index contributed by atoms with van der Waals surface area (Å²) in [4.78, 5) is 33.3. The Bertz CT molecular complexity index is 1140. The maximum Gasteiger partial charge on any atom is 0.246 e. The molecule has 7 heteroatoms. The average molecular weight is 409 g/mol. The van der Waals surface area contributed by atoms with Gasteiger partial charge in [0.05, 0.1) is 11.1 Å². The van der Waals surface area contributed by atoms with Crippen LogP contribution in [0.1, 0.15) is 36.1 Å². The largest absolute Gasteiger partial charge is 0.361 e. The fraction of sp³-hybridized carbons (Fsp3) is 0.227. The molecule has 0 aliphatic carbocycles. The number of aromatic nitrogens is 2. The molecule has 3 aromatic rings. The molecule has 2 N–H and O–H groups in total. The van der Waals surface area contributed by atoms with E-state index in [1.165, 1.54) is 6.08 Å². The van der Waals surface area contributed by atoms with E-state index in [0.29, 0.717) is 23.7 Å². The van der Waals surface area contributed by atoms with Crippen LogP contribution in [-0.2, 0) is 16.0 Å². The lowest BCUT2D eigenvalue weighted by Crippen LogP contribution is -2.27. The predicted octanol–water partition coefficient (Wildman–Crippen LogP) is 4.33. The lowest BCUT2D eigenvalue weighted by atomic mass is 10.0. The number of benzene rings is 1. The molecule has 29 heavy (non-hydrogen) atoms. The Labute approximate surface area is 173 Å². The number of nitrogens with zero attached hydrogens (tertiary/aromatic N) is 2. The highest BCUT2D eigenvalue weighted by molar-refractivity contribution is 6.35. The Morgan fingerprint density at radius 1 is 1.34 bits per heavy atom. The van der Waals surface area contributed by atoms with E-state index in [1.807, 2.05) is 37.4 Å². The molecule has 4 rings (SSSR count). The van der Waals surface area contributed by atoms with Gasteiger partial charge in [-0.2, -0.15) is 0 Å². The van der Waals surface area contributed by atoms with Gasteiger partial charge in [0.25, 0.3) is 0 Å². The van der Waals surface area contributed by atoms with Gasteiger partial charge in [0.2, 0.25) is 11.8 Å². The van der Waals surface area contributed by atoms with Crippen LogP contribution in [0, 0.1) is 0 Å². The third-order valence-corrected chi connectivity index (χ3v) is 5.66. The summed E-state index contributed by atoms with van der Waals surface area (Å²) in [6, 6.07) is 7.50. The lowest BCUT2D eigenvalue weighted by molar-refractivity contribution is -0.126. The monoisotopic (exact) mass is 408 g/mol. The van der Waals surface area contributed by atoms with Gasteiger partial charge in [-0.3, -0.25) is 9.59 Å². The summed E-state index contributed by atoms with van der Waals surface area (Å²) in [6.07, 6.45) is 7.94. The number of likely N-dealkylation sites (N-methyl/N-ethyl adjacent to an activating group) is 1. The number of anilines is 1. The molecule has 1 unspecified atom stereocenters. The van der Waals surface area contributed by atoms with E-state index in [-0.39, 0.29) is 17.9 Å². The molecule has 148 valence electrons. The van der Waals surface area contributed by atoms with E-state index in [4.69, 9.17) is 11.6 Å². The van der Waals surface area contributed by atoms with E-state index in [0.717, 1.165) is 27.6 Å². The molecule has 0 bridgehead atoms. The highest BCUT2D eigenvalue weighted by Crippen LogP contribution is 2.32. The van der Waals surface area contributed by atoms with Gasteiger partial charge in [-0.1, -0.05) is 17.7 Å². The summed E-state index contributed by atoms with van der Waals surface area (Å²) < 4.78 is 0. The highest BCUT2D eigenvalue weighted by Gasteiger charge is 2.20. The van der Waals surface area contributed by atoms with Crippen molar-refractivity contribution >= 4 is 46.2 Å². The molecule has 0 radical (unpaired) electrons. The normalized spacial score (nSPS) is 14.7. The lowest BCUT2D eigenvalue weighted by Gasteiger charge is -2.23. The van der Waals surface area contributed by atoms with Crippen molar-refractivity contribution in [1.29, 1.82) is 0 Å². The molecule has 1 atom stereocenters. The number of pyridine rings is 1. The van der Waals surface area contributed by atoms with Gasteiger partial charge in [0.15, 0.2) is 0 Å². The minimum atomic E-state index is -0.155. The van der Waals surface area contributed by atoms with Crippen molar-refractivity contribution in [3.8, 4) is 0 Å². The van der Waals surface area contributed by atoms with Gasteiger partial charge >= 0.3 is 0 Å². The number of aryl methyl sites for hydroxylation is 1. The van der Waals surface area contributed by atoms with Crippen LogP contribution in [0.5, 0.6) is 0 Å². The van der Waals surface area contributed by atoms with Crippen LogP contribution in [0.2, 0.25) is 5.02 Å². The molecule has 1 aromatic carbocycles. The molecule has 3 heterocycles. The van der Waals surface area contributed by atoms with Crippen LogP contribution in [0.15, 0.2) is 42.7 Å². The number of amides is 2. The zero-order valence-corrected chi connectivity index (χ0v) is 17.0. The van der Waals surface area contributed by atoms with Crippen molar-refractivity contribution in [2.45, 2.75) is 25.8 Å². The van der Waals surface area contributed by atoms with Gasteiger partial charge < -0.3 is 15.2 Å². The fourth-order valence-electron chi connectivity index (χ4n) is 3.55. The van der Waals surface area contributed by atoms with Crippen molar-refractivity contribution in [3.05, 3.63) is 64.4 Å². The first kappa shape index (κ1) is 19.2. The number of rotatable bonds is 4. The number of hydrogen-bond donors (Lipinski definition) is 2. The Hall–Kier alpha value is -3.12. The minimum absolute atomic E-state index is 0.0172. The predicted molar refractivity (Wildman–Crippen MR) is 115 cm³/mol. The number of carbonyl (C=O) groups is 2. The van der Waals surface area contributed by atoms with Gasteiger partial charge in [0, 0.05) is 48.4 Å². The van der Waals surface area contributed by atoms with Crippen LogP contribution in [0.4, 0.5) is 5.82 Å². The van der Waals surface area contributed by atoms with Crippen molar-refractivity contribution < 1.29 is 9.59 Å². The summed E-state index contributed by atoms with van der Waals surface area (Å²) in [6.45, 7) is 1.97. The second-order valence-electron chi connectivity index (χ2n) is 7.19. The molecule has 2 amide bonds. The topological polar surface area (TPSA) is 78.1 Å². The molecule has 0 saturated carbocycles. The molecule has 0 saturated heterocycles. The first-order valence-electron chi connectivity index (χ1n) is 9.43. The number of nitrogens with one attached hydrogen (secondary N) is 2. The van der Waals surface area contributed by atoms with Crippen molar-refractivity contribution in [2.24, 2.45) is 0 Å². The number of H-pyrrole nitrogens is 1. The molecule has 0 spiro atoms. The summed E-state index contributed by atoms with van der Waals surface area (Å²) in [7, 11) is 1.77. The van der Waals surface area contributed by atoms with Crippen molar-refractivity contribution in [3.63, 3.8) is 0 Å². The highest BCUT2D eigenvalue weighted by atomic mass is 35.5. The number of halogens is 1. The zero-order valence-electron chi connectivity index (χ0n) is 16.2. The molecular weight excluding hydrogens is 388 g/mol. The van der Waals surface area contributed by atoms with E-state index >= 15 is 0 Å². The van der Waals surface area contributed by atoms with Crippen LogP contribution in [0.3, 0.4) is 0 Å². The third kappa shape index (κ3) is 3.76. The maximum atomic E-state index is 12.7. The van der Waals surface area contributed by atoms with Gasteiger partial charge in [0.1, 0.15) is 5.82 Å². The summed E-state index contributed by atoms with van der Waals surface area (Å²) >= 11 is 6.37. The smallest absolute Gasteiger partial charge is 0.246 e. The van der Waals surface area contributed by atoms with Gasteiger partial charge in [-0.15, -0.1) is 0 Å². The second kappa shape index (κ2) is 7.72. The SMILES string of the molecule is CC(c1c[nH]c2cccc(Cl)c12)N(C)C(=O)C=Cc1cnc2c(c1)CCC(=O)N2. The standard InChI is InChI=1S/C22H21ClN4O2/c1-13(16-12-24-18-5-3-4-17(23)21(16)18)27(2)20(29)9-6-14-10-15-7-8-19(28)26-22(15)25-11-14/h3-6,9-13,24H,7-8H2,1-2H3,(H,25,26,28). The zero-order chi connectivity index (χ0) is 20.5.